The molecule has 0 bridgehead atoms. The van der Waals surface area contributed by atoms with E-state index in [1.165, 1.54) is 4.90 Å². The summed E-state index contributed by atoms with van der Waals surface area (Å²) in [5, 5.41) is 9.37. The van der Waals surface area contributed by atoms with Gasteiger partial charge in [0.2, 0.25) is 5.91 Å². The quantitative estimate of drug-likeness (QED) is 0.887. The molecule has 3 atom stereocenters. The molecule has 1 fully saturated rings. The third-order valence-corrected chi connectivity index (χ3v) is 4.05. The third kappa shape index (κ3) is 2.08. The van der Waals surface area contributed by atoms with Gasteiger partial charge >= 0.3 is 5.97 Å². The Kier molecular flexibility index (Phi) is 3.22. The second-order valence-electron chi connectivity index (χ2n) is 5.47. The van der Waals surface area contributed by atoms with Crippen LogP contribution in [0.3, 0.4) is 0 Å². The topological polar surface area (TPSA) is 66.8 Å². The van der Waals surface area contributed by atoms with Crippen molar-refractivity contribution >= 4 is 17.6 Å². The predicted octanol–water partition coefficient (Wildman–Crippen LogP) is 1.45. The number of carboxylic acids is 1. The molecule has 1 saturated heterocycles. The molecule has 1 amide bonds. The van der Waals surface area contributed by atoms with Crippen LogP contribution in [0.5, 0.6) is 0 Å². The number of ether oxygens (including phenoxy) is 1. The lowest BCUT2D eigenvalue weighted by atomic mass is 10.0. The Bertz CT molecular complexity index is 557. The van der Waals surface area contributed by atoms with Crippen molar-refractivity contribution < 1.29 is 19.4 Å². The van der Waals surface area contributed by atoms with Crippen LogP contribution in [0.4, 0.5) is 5.69 Å². The second kappa shape index (κ2) is 4.90. The smallest absolute Gasteiger partial charge is 0.327 e. The summed E-state index contributed by atoms with van der Waals surface area (Å²) in [7, 11) is 0. The summed E-state index contributed by atoms with van der Waals surface area (Å²) >= 11 is 0. The molecule has 5 heteroatoms. The maximum Gasteiger partial charge on any atom is 0.327 e. The van der Waals surface area contributed by atoms with Crippen LogP contribution >= 0.6 is 0 Å². The normalized spacial score (nSPS) is 28.4. The number of rotatable bonds is 2. The molecule has 2 unspecified atom stereocenters. The molecule has 0 aromatic heterocycles. The summed E-state index contributed by atoms with van der Waals surface area (Å²) in [5.74, 6) is -1.33. The molecule has 2 aliphatic rings. The van der Waals surface area contributed by atoms with E-state index in [1.807, 2.05) is 31.2 Å². The van der Waals surface area contributed by atoms with E-state index in [0.29, 0.717) is 19.4 Å². The Labute approximate surface area is 117 Å². The Morgan fingerprint density at radius 1 is 1.35 bits per heavy atom. The van der Waals surface area contributed by atoms with Crippen LogP contribution in [0.15, 0.2) is 24.3 Å². The number of carboxylic acid groups (broad SMARTS) is 1. The van der Waals surface area contributed by atoms with E-state index in [9.17, 15) is 14.7 Å². The van der Waals surface area contributed by atoms with Crippen molar-refractivity contribution in [3.05, 3.63) is 29.8 Å². The molecule has 0 spiro atoms. The molecule has 1 aromatic carbocycles. The first-order chi connectivity index (χ1) is 9.58. The lowest BCUT2D eigenvalue weighted by molar-refractivity contribution is -0.140. The Morgan fingerprint density at radius 2 is 2.10 bits per heavy atom. The van der Waals surface area contributed by atoms with E-state index in [1.54, 1.807) is 0 Å². The first kappa shape index (κ1) is 13.1. The molecule has 0 aliphatic carbocycles. The highest BCUT2D eigenvalue weighted by Gasteiger charge is 2.42. The third-order valence-electron chi connectivity index (χ3n) is 4.05. The minimum Gasteiger partial charge on any atom is -0.480 e. The summed E-state index contributed by atoms with van der Waals surface area (Å²) < 4.78 is 5.43. The van der Waals surface area contributed by atoms with E-state index >= 15 is 0 Å². The summed E-state index contributed by atoms with van der Waals surface area (Å²) in [5.41, 5.74) is 1.64. The maximum absolute atomic E-state index is 12.7. The van der Waals surface area contributed by atoms with Gasteiger partial charge in [0.1, 0.15) is 6.04 Å². The van der Waals surface area contributed by atoms with Crippen molar-refractivity contribution in [2.24, 2.45) is 5.92 Å². The van der Waals surface area contributed by atoms with E-state index in [-0.39, 0.29) is 17.9 Å². The molecule has 2 heterocycles. The number of fused-ring (bicyclic) bond motifs is 1. The lowest BCUT2D eigenvalue weighted by Gasteiger charge is -2.25. The number of carbonyl (C=O) groups excluding carboxylic acids is 1. The minimum absolute atomic E-state index is 0.0603. The molecular weight excluding hydrogens is 258 g/mol. The average molecular weight is 275 g/mol. The SMILES string of the molecule is CC1CC(C(=O)N2c3ccccc3C[C@H]2C(=O)O)CO1. The zero-order valence-corrected chi connectivity index (χ0v) is 11.3. The van der Waals surface area contributed by atoms with E-state index < -0.39 is 12.0 Å². The molecule has 1 N–H and O–H groups in total. The number of hydrogen-bond acceptors (Lipinski definition) is 3. The molecule has 0 saturated carbocycles. The van der Waals surface area contributed by atoms with Gasteiger partial charge in [-0.2, -0.15) is 0 Å². The second-order valence-corrected chi connectivity index (χ2v) is 5.47. The number of hydrogen-bond donors (Lipinski definition) is 1. The largest absolute Gasteiger partial charge is 0.480 e. The Hall–Kier alpha value is -1.88. The van der Waals surface area contributed by atoms with Gasteiger partial charge in [0.25, 0.3) is 0 Å². The number of anilines is 1. The van der Waals surface area contributed by atoms with Crippen molar-refractivity contribution in [3.8, 4) is 0 Å². The number of para-hydroxylation sites is 1. The van der Waals surface area contributed by atoms with Gasteiger partial charge in [-0.1, -0.05) is 18.2 Å². The standard InChI is InChI=1S/C15H17NO4/c1-9-6-11(8-20-9)14(17)16-12-5-3-2-4-10(12)7-13(16)15(18)19/h2-5,9,11,13H,6-8H2,1H3,(H,18,19)/t9?,11?,13-/m0/s1. The summed E-state index contributed by atoms with van der Waals surface area (Å²) in [4.78, 5) is 25.5. The van der Waals surface area contributed by atoms with Crippen molar-refractivity contribution in [1.29, 1.82) is 0 Å². The molecule has 20 heavy (non-hydrogen) atoms. The van der Waals surface area contributed by atoms with Crippen LogP contribution in [0, 0.1) is 5.92 Å². The lowest BCUT2D eigenvalue weighted by Crippen LogP contribution is -2.45. The maximum atomic E-state index is 12.7. The fraction of sp³-hybridized carbons (Fsp3) is 0.467. The Morgan fingerprint density at radius 3 is 2.75 bits per heavy atom. The number of benzene rings is 1. The summed E-state index contributed by atoms with van der Waals surface area (Å²) in [6.45, 7) is 2.31. The fourth-order valence-electron chi connectivity index (χ4n) is 3.04. The highest BCUT2D eigenvalue weighted by molar-refractivity contribution is 6.03. The summed E-state index contributed by atoms with van der Waals surface area (Å²) in [6, 6.07) is 6.60. The zero-order valence-electron chi connectivity index (χ0n) is 11.3. The number of amides is 1. The van der Waals surface area contributed by atoms with Crippen molar-refractivity contribution in [3.63, 3.8) is 0 Å². The first-order valence-corrected chi connectivity index (χ1v) is 6.83. The number of aliphatic carboxylic acids is 1. The van der Waals surface area contributed by atoms with Crippen molar-refractivity contribution in [2.45, 2.75) is 31.9 Å². The van der Waals surface area contributed by atoms with Gasteiger partial charge in [-0.05, 0) is 25.0 Å². The zero-order chi connectivity index (χ0) is 14.3. The van der Waals surface area contributed by atoms with Gasteiger partial charge in [-0.15, -0.1) is 0 Å². The number of nitrogens with zero attached hydrogens (tertiary/aromatic N) is 1. The van der Waals surface area contributed by atoms with Crippen LogP contribution < -0.4 is 4.90 Å². The predicted molar refractivity (Wildman–Crippen MR) is 72.6 cm³/mol. The Balaban J connectivity index is 1.92. The molecule has 2 aliphatic heterocycles. The molecule has 0 radical (unpaired) electrons. The van der Waals surface area contributed by atoms with Gasteiger partial charge in [-0.25, -0.2) is 4.79 Å². The first-order valence-electron chi connectivity index (χ1n) is 6.83. The average Bonchev–Trinajstić information content (AvgIpc) is 3.01. The van der Waals surface area contributed by atoms with E-state index in [0.717, 1.165) is 11.3 Å². The highest BCUT2D eigenvalue weighted by Crippen LogP contribution is 2.35. The van der Waals surface area contributed by atoms with Crippen LogP contribution in [-0.2, 0) is 20.7 Å². The molecule has 106 valence electrons. The van der Waals surface area contributed by atoms with Gasteiger partial charge < -0.3 is 9.84 Å². The molecule has 5 nitrogen and oxygen atoms in total. The molecule has 1 aromatic rings. The van der Waals surface area contributed by atoms with Gasteiger partial charge in [0.15, 0.2) is 0 Å². The van der Waals surface area contributed by atoms with Gasteiger partial charge in [0.05, 0.1) is 18.6 Å². The van der Waals surface area contributed by atoms with Crippen LogP contribution in [0.25, 0.3) is 0 Å². The van der Waals surface area contributed by atoms with Crippen molar-refractivity contribution in [2.75, 3.05) is 11.5 Å². The number of carbonyl (C=O) groups is 2. The highest BCUT2D eigenvalue weighted by atomic mass is 16.5. The van der Waals surface area contributed by atoms with Gasteiger partial charge in [-0.3, -0.25) is 9.69 Å². The minimum atomic E-state index is -0.957. The van der Waals surface area contributed by atoms with Crippen LogP contribution in [-0.4, -0.2) is 35.7 Å². The van der Waals surface area contributed by atoms with E-state index in [2.05, 4.69) is 0 Å². The fourth-order valence-corrected chi connectivity index (χ4v) is 3.04. The van der Waals surface area contributed by atoms with Gasteiger partial charge in [0, 0.05) is 12.1 Å². The van der Waals surface area contributed by atoms with E-state index in [4.69, 9.17) is 4.74 Å². The monoisotopic (exact) mass is 275 g/mol. The summed E-state index contributed by atoms with van der Waals surface area (Å²) in [6.07, 6.45) is 1.09. The van der Waals surface area contributed by atoms with Crippen LogP contribution in [0.2, 0.25) is 0 Å². The van der Waals surface area contributed by atoms with Crippen LogP contribution in [0.1, 0.15) is 18.9 Å². The van der Waals surface area contributed by atoms with Crippen molar-refractivity contribution in [1.82, 2.24) is 0 Å². The molecular formula is C15H17NO4. The molecule has 3 rings (SSSR count).